The van der Waals surface area contributed by atoms with Gasteiger partial charge in [-0.3, -0.25) is 23.9 Å². The van der Waals surface area contributed by atoms with E-state index in [0.717, 1.165) is 31.7 Å². The first-order valence-corrected chi connectivity index (χ1v) is 23.3. The highest BCUT2D eigenvalue weighted by molar-refractivity contribution is 7.91. The number of primary amides is 1. The predicted molar refractivity (Wildman–Crippen MR) is 247 cm³/mol. The van der Waals surface area contributed by atoms with Gasteiger partial charge in [-0.05, 0) is 75.8 Å². The highest BCUT2D eigenvalue weighted by Crippen LogP contribution is 2.45. The molecule has 4 fully saturated rings. The molecule has 4 atom stereocenters. The van der Waals surface area contributed by atoms with Crippen LogP contribution in [-0.2, 0) is 30.3 Å². The minimum atomic E-state index is -3.68. The molecule has 1 unspecified atom stereocenters. The Balaban J connectivity index is 0.000000896. The number of ether oxygens (including phenoxy) is 1. The van der Waals surface area contributed by atoms with E-state index in [1.54, 1.807) is 30.0 Å². The zero-order valence-electron chi connectivity index (χ0n) is 39.2. The van der Waals surface area contributed by atoms with Gasteiger partial charge in [0, 0.05) is 36.9 Å². The number of fused-ring (bicyclic) bond motifs is 1. The summed E-state index contributed by atoms with van der Waals surface area (Å²) in [7, 11) is -2.18. The minimum Gasteiger partial charge on any atom is -0.497 e. The first-order valence-electron chi connectivity index (χ1n) is 21.8. The molecule has 3 saturated carbocycles. The smallest absolute Gasteiger partial charge is 0.405 e. The first kappa shape index (κ1) is 60.6. The van der Waals surface area contributed by atoms with Gasteiger partial charge in [-0.15, -0.1) is 25.7 Å². The van der Waals surface area contributed by atoms with Gasteiger partial charge in [0.25, 0.3) is 11.5 Å². The van der Waals surface area contributed by atoms with E-state index in [0.29, 0.717) is 47.9 Å². The molecular formula is C46H70F4N6O9S. The third-order valence-corrected chi connectivity index (χ3v) is 13.4. The second-order valence-corrected chi connectivity index (χ2v) is 19.5. The number of aromatic amines is 1. The average Bonchev–Trinajstić information content (AvgIpc) is 4.15. The maximum absolute atomic E-state index is 14.5. The Labute approximate surface area is 387 Å². The number of H-pyrrole nitrogens is 1. The van der Waals surface area contributed by atoms with E-state index >= 15 is 0 Å². The molecule has 1 aromatic carbocycles. The van der Waals surface area contributed by atoms with Crippen molar-refractivity contribution in [3.63, 3.8) is 0 Å². The minimum absolute atomic E-state index is 0.0791. The summed E-state index contributed by atoms with van der Waals surface area (Å²) in [4.78, 5) is 61.9. The van der Waals surface area contributed by atoms with Crippen LogP contribution in [0, 0.1) is 55.3 Å². The lowest BCUT2D eigenvalue weighted by atomic mass is 9.98. The highest BCUT2D eigenvalue weighted by atomic mass is 32.2. The Morgan fingerprint density at radius 3 is 2.09 bits per heavy atom. The third kappa shape index (κ3) is 20.4. The van der Waals surface area contributed by atoms with E-state index in [1.165, 1.54) is 32.8 Å². The molecule has 4 aliphatic rings. The lowest BCUT2D eigenvalue weighted by molar-refractivity contribution is -0.131. The summed E-state index contributed by atoms with van der Waals surface area (Å²) < 4.78 is 82.7. The molecule has 6 rings (SSSR count). The zero-order chi connectivity index (χ0) is 51.0. The summed E-state index contributed by atoms with van der Waals surface area (Å²) in [5.41, 5.74) is 3.37. The number of nitrogens with zero attached hydrogens (tertiary/aromatic N) is 2. The van der Waals surface area contributed by atoms with E-state index in [-0.39, 0.29) is 37.7 Å². The summed E-state index contributed by atoms with van der Waals surface area (Å²) in [5, 5.41) is 10.4. The number of sulfonamides is 1. The molecule has 2 aromatic rings. The SMILES string of the molecule is C#C.C#C.CC(C)C.CC1(S(=O)(=O)NC(=O)[C@H]2CC2C(F)F)CC1.COc1ccc2nc(C(F)(F)CCCCC3CCCC3)c(=O)[nH]c2c1.C[C@@H]1CCN(C(=O)CNC(=O)O)[C@@H]1C.NC=O. The van der Waals surface area contributed by atoms with E-state index in [9.17, 15) is 45.2 Å². The molecule has 20 heteroatoms. The van der Waals surface area contributed by atoms with Gasteiger partial charge in [-0.2, -0.15) is 8.78 Å². The number of nitrogens with two attached hydrogens (primary N) is 1. The van der Waals surface area contributed by atoms with Crippen molar-refractivity contribution >= 4 is 45.4 Å². The molecule has 2 heterocycles. The number of carbonyl (C=O) groups is 4. The third-order valence-electron chi connectivity index (χ3n) is 11.3. The van der Waals surface area contributed by atoms with Gasteiger partial charge < -0.3 is 30.8 Å². The molecule has 372 valence electrons. The van der Waals surface area contributed by atoms with Crippen molar-refractivity contribution in [2.45, 2.75) is 142 Å². The van der Waals surface area contributed by atoms with Gasteiger partial charge in [0.15, 0.2) is 5.69 Å². The van der Waals surface area contributed by atoms with Crippen molar-refractivity contribution < 1.29 is 55.0 Å². The van der Waals surface area contributed by atoms with Crippen LogP contribution in [0.25, 0.3) is 11.0 Å². The molecule has 0 bridgehead atoms. The molecule has 1 aromatic heterocycles. The fourth-order valence-corrected chi connectivity index (χ4v) is 8.21. The number of rotatable bonds is 13. The molecule has 3 aliphatic carbocycles. The van der Waals surface area contributed by atoms with Crippen LogP contribution in [-0.4, -0.2) is 90.1 Å². The maximum Gasteiger partial charge on any atom is 0.405 e. The normalized spacial score (nSPS) is 19.9. The highest BCUT2D eigenvalue weighted by Gasteiger charge is 2.54. The van der Waals surface area contributed by atoms with Crippen molar-refractivity contribution in [3.8, 4) is 31.4 Å². The van der Waals surface area contributed by atoms with Crippen LogP contribution in [0.4, 0.5) is 22.4 Å². The number of alkyl halides is 4. The molecular weight excluding hydrogens is 889 g/mol. The van der Waals surface area contributed by atoms with Crippen molar-refractivity contribution in [1.82, 2.24) is 24.9 Å². The number of methoxy groups -OCH3 is 1. The number of carbonyl (C=O) groups excluding carboxylic acids is 3. The Hall–Kier alpha value is -5.37. The lowest BCUT2D eigenvalue weighted by Gasteiger charge is -2.23. The van der Waals surface area contributed by atoms with Crippen molar-refractivity contribution in [2.75, 3.05) is 20.2 Å². The number of nitrogens with one attached hydrogen (secondary N) is 3. The van der Waals surface area contributed by atoms with Crippen LogP contribution < -0.4 is 26.1 Å². The van der Waals surface area contributed by atoms with Crippen molar-refractivity contribution in [3.05, 3.63) is 34.2 Å². The van der Waals surface area contributed by atoms with Crippen LogP contribution in [0.5, 0.6) is 5.75 Å². The average molecular weight is 959 g/mol. The first-order chi connectivity index (χ1) is 30.9. The predicted octanol–water partition coefficient (Wildman–Crippen LogP) is 7.43. The number of unbranched alkanes of at least 4 members (excludes halogenated alkanes) is 1. The largest absolute Gasteiger partial charge is 0.497 e. The second-order valence-electron chi connectivity index (χ2n) is 17.3. The van der Waals surface area contributed by atoms with Gasteiger partial charge in [-0.25, -0.2) is 27.0 Å². The number of hydrogen-bond donors (Lipinski definition) is 5. The fraction of sp³-hybridized carbons (Fsp3) is 0.652. The monoisotopic (exact) mass is 958 g/mol. The zero-order valence-corrected chi connectivity index (χ0v) is 40.0. The molecule has 0 radical (unpaired) electrons. The summed E-state index contributed by atoms with van der Waals surface area (Å²) >= 11 is 0. The number of benzene rings is 1. The van der Waals surface area contributed by atoms with E-state index in [2.05, 4.69) is 74.4 Å². The van der Waals surface area contributed by atoms with Crippen molar-refractivity contribution in [2.24, 2.45) is 35.3 Å². The van der Waals surface area contributed by atoms with E-state index in [1.807, 2.05) is 11.6 Å². The summed E-state index contributed by atoms with van der Waals surface area (Å²) in [6.45, 7) is 12.8. The van der Waals surface area contributed by atoms with Crippen LogP contribution in [0.3, 0.4) is 0 Å². The fourth-order valence-electron chi connectivity index (χ4n) is 6.91. The lowest BCUT2D eigenvalue weighted by Crippen LogP contribution is -2.42. The van der Waals surface area contributed by atoms with Gasteiger partial charge in [-0.1, -0.05) is 66.2 Å². The summed E-state index contributed by atoms with van der Waals surface area (Å²) in [6.07, 6.45) is 21.5. The van der Waals surface area contributed by atoms with Gasteiger partial charge in [0.05, 0.1) is 22.9 Å². The molecule has 4 amide bonds. The topological polar surface area (TPSA) is 231 Å². The number of carboxylic acid groups (broad SMARTS) is 1. The maximum atomic E-state index is 14.5. The number of terminal acetylenes is 2. The summed E-state index contributed by atoms with van der Waals surface area (Å²) in [6, 6.07) is 5.01. The number of likely N-dealkylation sites (tertiary alicyclic amines) is 1. The summed E-state index contributed by atoms with van der Waals surface area (Å²) in [5.74, 6) is -3.36. The Morgan fingerprint density at radius 2 is 1.64 bits per heavy atom. The van der Waals surface area contributed by atoms with Crippen LogP contribution >= 0.6 is 0 Å². The van der Waals surface area contributed by atoms with Gasteiger partial charge in [0.1, 0.15) is 12.3 Å². The Bertz CT molecular complexity index is 2030. The number of aromatic nitrogens is 2. The number of hydrogen-bond acceptors (Lipinski definition) is 9. The number of amides is 4. The van der Waals surface area contributed by atoms with Gasteiger partial charge >= 0.3 is 6.09 Å². The van der Waals surface area contributed by atoms with Crippen LogP contribution in [0.15, 0.2) is 23.0 Å². The van der Waals surface area contributed by atoms with E-state index in [4.69, 9.17) is 14.6 Å². The molecule has 66 heavy (non-hydrogen) atoms. The second kappa shape index (κ2) is 29.3. The molecule has 15 nitrogen and oxygen atoms in total. The standard InChI is InChI=1S/C19H24F2N2O2.C9H13F2NO3S.C9H16N2O3.C4H10.2C2H2.CH3NO/c1-25-14-9-10-15-16(12-14)23-18(24)17(22-15)19(20,21)11-5-4-8-13-6-2-3-7-13;1-9(2-3-9)16(14,15)12-8(13)6-4-5(6)7(10)11;1-6-3-4-11(7(6)2)8(12)5-10-9(13)14;1-4(2)3;2*1-2;2-1-3/h9-10,12-13H,2-8,11H2,1H3,(H,23,24);5-7H,2-4H2,1H3,(H,12,13);6-7,10H,3-5H2,1-2H3,(H,13,14);4H,1-3H3;2*1-2H;1H,(H2,2,3)/t;5?,6-;6-,7-;;;;/m.01..../s1. The molecule has 0 spiro atoms. The molecule has 1 aliphatic heterocycles. The molecule has 1 saturated heterocycles. The Morgan fingerprint density at radius 1 is 1.08 bits per heavy atom. The van der Waals surface area contributed by atoms with Crippen LogP contribution in [0.2, 0.25) is 0 Å². The van der Waals surface area contributed by atoms with E-state index < -0.39 is 62.2 Å². The van der Waals surface area contributed by atoms with Crippen LogP contribution in [0.1, 0.15) is 124 Å². The van der Waals surface area contributed by atoms with Crippen molar-refractivity contribution in [1.29, 1.82) is 0 Å². The molecule has 6 N–H and O–H groups in total. The van der Waals surface area contributed by atoms with Gasteiger partial charge in [0.2, 0.25) is 34.7 Å². The quantitative estimate of drug-likeness (QED) is 0.0577. The Kier molecular flexibility index (Phi) is 26.9. The number of halogens is 4.